The van der Waals surface area contributed by atoms with Gasteiger partial charge in [-0.3, -0.25) is 14.4 Å². The maximum Gasteiger partial charge on any atom is 0.220 e. The second-order valence-electron chi connectivity index (χ2n) is 3.02. The Morgan fingerprint density at radius 2 is 1.62 bits per heavy atom. The smallest absolute Gasteiger partial charge is 0.220 e. The van der Waals surface area contributed by atoms with Crippen molar-refractivity contribution in [1.82, 2.24) is 10.6 Å². The first kappa shape index (κ1) is 20.1. The summed E-state index contributed by atoms with van der Waals surface area (Å²) in [6, 6.07) is -0.619. The highest BCUT2D eigenvalue weighted by molar-refractivity contribution is 5.88. The number of carbonyl (C=O) groups is 3. The molecule has 2 amide bonds. The number of rotatable bonds is 5. The van der Waals surface area contributed by atoms with E-state index in [4.69, 9.17) is 0 Å². The van der Waals surface area contributed by atoms with E-state index in [9.17, 15) is 14.4 Å². The van der Waals surface area contributed by atoms with Gasteiger partial charge < -0.3 is 10.6 Å². The number of hydrogen-bond acceptors (Lipinski definition) is 3. The molecule has 96 valence electrons. The maximum absolute atomic E-state index is 11.0. The molecule has 0 spiro atoms. The van der Waals surface area contributed by atoms with Crippen molar-refractivity contribution in [2.75, 3.05) is 6.54 Å². The molecule has 2 N–H and O–H groups in total. The summed E-state index contributed by atoms with van der Waals surface area (Å²) < 4.78 is 0. The molecule has 0 aromatic carbocycles. The molecular formula is C11H24N2O3. The molecule has 0 saturated carbocycles. The van der Waals surface area contributed by atoms with Crippen molar-refractivity contribution < 1.29 is 14.4 Å². The van der Waals surface area contributed by atoms with Gasteiger partial charge >= 0.3 is 0 Å². The summed E-state index contributed by atoms with van der Waals surface area (Å²) in [5, 5.41) is 5.00. The molecule has 0 aliphatic heterocycles. The Balaban J connectivity index is -0.000000845. The van der Waals surface area contributed by atoms with Crippen LogP contribution < -0.4 is 10.6 Å². The Kier molecular flexibility index (Phi) is 12.7. The third kappa shape index (κ3) is 9.18. The molecule has 0 saturated heterocycles. The maximum atomic E-state index is 11.0. The van der Waals surface area contributed by atoms with Gasteiger partial charge in [-0.2, -0.15) is 0 Å². The fourth-order valence-corrected chi connectivity index (χ4v) is 0.839. The zero-order valence-electron chi connectivity index (χ0n) is 8.72. The van der Waals surface area contributed by atoms with Gasteiger partial charge in [-0.15, -0.1) is 0 Å². The van der Waals surface area contributed by atoms with Gasteiger partial charge in [0.2, 0.25) is 11.8 Å². The van der Waals surface area contributed by atoms with E-state index in [-0.39, 0.29) is 39.0 Å². The Bertz CT molecular complexity index is 239. The number of Topliss-reactive ketones (excluding diaryl/α,β-unsaturated/α-hetero) is 1. The summed E-state index contributed by atoms with van der Waals surface area (Å²) in [5.41, 5.74) is 0. The lowest BCUT2D eigenvalue weighted by Crippen LogP contribution is -2.47. The molecule has 0 fully saturated rings. The van der Waals surface area contributed by atoms with Crippen LogP contribution in [0.15, 0.2) is 0 Å². The lowest BCUT2D eigenvalue weighted by molar-refractivity contribution is -0.127. The molecule has 0 bridgehead atoms. The van der Waals surface area contributed by atoms with E-state index in [0.29, 0.717) is 6.42 Å². The van der Waals surface area contributed by atoms with E-state index in [2.05, 4.69) is 10.6 Å². The Hall–Kier alpha value is -1.39. The molecule has 0 aromatic rings. The zero-order chi connectivity index (χ0) is 11.1. The van der Waals surface area contributed by atoms with Crippen LogP contribution >= 0.6 is 0 Å². The summed E-state index contributed by atoms with van der Waals surface area (Å²) in [4.78, 5) is 32.6. The Labute approximate surface area is 98.0 Å². The lowest BCUT2D eigenvalue weighted by atomic mass is 10.2. The number of ketones is 1. The van der Waals surface area contributed by atoms with Gasteiger partial charge in [0.05, 0.1) is 0 Å². The minimum Gasteiger partial charge on any atom is -0.354 e. The van der Waals surface area contributed by atoms with E-state index >= 15 is 0 Å². The highest BCUT2D eigenvalue weighted by Gasteiger charge is 2.15. The van der Waals surface area contributed by atoms with E-state index in [1.807, 2.05) is 0 Å². The average molecular weight is 232 g/mol. The van der Waals surface area contributed by atoms with Crippen LogP contribution in [0.2, 0.25) is 0 Å². The van der Waals surface area contributed by atoms with E-state index in [1.54, 1.807) is 6.92 Å². The minimum absolute atomic E-state index is 0. The van der Waals surface area contributed by atoms with Crippen LogP contribution in [0.25, 0.3) is 0 Å². The molecule has 5 heteroatoms. The van der Waals surface area contributed by atoms with Crippen molar-refractivity contribution >= 4 is 17.6 Å². The quantitative estimate of drug-likeness (QED) is 0.738. The molecule has 0 aromatic heterocycles. The van der Waals surface area contributed by atoms with Crippen molar-refractivity contribution in [2.24, 2.45) is 0 Å². The topological polar surface area (TPSA) is 75.3 Å². The first-order chi connectivity index (χ1) is 6.47. The summed E-state index contributed by atoms with van der Waals surface area (Å²) in [7, 11) is 0. The first-order valence-electron chi connectivity index (χ1n) is 4.51. The predicted octanol–water partition coefficient (Wildman–Crippen LogP) is 0.878. The first-order valence-corrected chi connectivity index (χ1v) is 4.51. The van der Waals surface area contributed by atoms with E-state index in [0.717, 1.165) is 0 Å². The van der Waals surface area contributed by atoms with Crippen molar-refractivity contribution in [3.8, 4) is 0 Å². The zero-order valence-corrected chi connectivity index (χ0v) is 8.72. The van der Waals surface area contributed by atoms with Crippen molar-refractivity contribution in [3.63, 3.8) is 0 Å². The molecular weight excluding hydrogens is 208 g/mol. The standard InChI is InChI=1S/C9H16N2O3.2CH4/c1-4-9(14)11-8(6(2)12)5-10-7(3)13;;/h8H,4-5H2,1-3H3,(H,10,13)(H,11,14);2*1H4. The number of nitrogens with one attached hydrogen (secondary N) is 2. The van der Waals surface area contributed by atoms with E-state index < -0.39 is 6.04 Å². The summed E-state index contributed by atoms with van der Waals surface area (Å²) in [5.74, 6) is -0.585. The SMILES string of the molecule is C.C.CCC(=O)NC(CNC(C)=O)C(C)=O. The average Bonchev–Trinajstić information content (AvgIpc) is 2.10. The lowest BCUT2D eigenvalue weighted by Gasteiger charge is -2.15. The fraction of sp³-hybridized carbons (Fsp3) is 0.727. The number of carbonyl (C=O) groups excluding carboxylic acids is 3. The van der Waals surface area contributed by atoms with Gasteiger partial charge in [-0.05, 0) is 6.92 Å². The summed E-state index contributed by atoms with van der Waals surface area (Å²) in [6.45, 7) is 4.59. The molecule has 0 radical (unpaired) electrons. The number of amides is 2. The van der Waals surface area contributed by atoms with Crippen molar-refractivity contribution in [1.29, 1.82) is 0 Å². The highest BCUT2D eigenvalue weighted by Crippen LogP contribution is 1.87. The van der Waals surface area contributed by atoms with Crippen LogP contribution in [-0.4, -0.2) is 30.2 Å². The predicted molar refractivity (Wildman–Crippen MR) is 65.0 cm³/mol. The van der Waals surface area contributed by atoms with Gasteiger partial charge in [0.25, 0.3) is 0 Å². The van der Waals surface area contributed by atoms with Crippen LogP contribution in [0.4, 0.5) is 0 Å². The van der Waals surface area contributed by atoms with E-state index in [1.165, 1.54) is 13.8 Å². The van der Waals surface area contributed by atoms with Gasteiger partial charge in [0.15, 0.2) is 5.78 Å². The Morgan fingerprint density at radius 1 is 1.12 bits per heavy atom. The van der Waals surface area contributed by atoms with Gasteiger partial charge in [-0.25, -0.2) is 0 Å². The normalized spacial score (nSPS) is 10.2. The molecule has 0 aliphatic carbocycles. The van der Waals surface area contributed by atoms with Gasteiger partial charge in [-0.1, -0.05) is 21.8 Å². The highest BCUT2D eigenvalue weighted by atomic mass is 16.2. The summed E-state index contributed by atoms with van der Waals surface area (Å²) >= 11 is 0. The molecule has 0 heterocycles. The van der Waals surface area contributed by atoms with Crippen LogP contribution in [0.1, 0.15) is 42.0 Å². The molecule has 1 atom stereocenters. The second-order valence-corrected chi connectivity index (χ2v) is 3.02. The summed E-state index contributed by atoms with van der Waals surface area (Å²) in [6.07, 6.45) is 0.323. The van der Waals surface area contributed by atoms with Crippen molar-refractivity contribution in [2.45, 2.75) is 48.1 Å². The number of hydrogen-bond donors (Lipinski definition) is 2. The molecule has 5 nitrogen and oxygen atoms in total. The van der Waals surface area contributed by atoms with Crippen LogP contribution in [0, 0.1) is 0 Å². The second kappa shape index (κ2) is 10.1. The van der Waals surface area contributed by atoms with Crippen LogP contribution in [-0.2, 0) is 14.4 Å². The molecule has 0 aliphatic rings. The molecule has 16 heavy (non-hydrogen) atoms. The molecule has 1 unspecified atom stereocenters. The Morgan fingerprint density at radius 3 is 1.94 bits per heavy atom. The van der Waals surface area contributed by atoms with Crippen molar-refractivity contribution in [3.05, 3.63) is 0 Å². The third-order valence-corrected chi connectivity index (χ3v) is 1.70. The fourth-order valence-electron chi connectivity index (χ4n) is 0.839. The molecule has 0 rings (SSSR count). The van der Waals surface area contributed by atoms with Gasteiger partial charge in [0, 0.05) is 19.9 Å². The van der Waals surface area contributed by atoms with Crippen LogP contribution in [0.3, 0.4) is 0 Å². The van der Waals surface area contributed by atoms with Crippen LogP contribution in [0.5, 0.6) is 0 Å². The minimum atomic E-state index is -0.619. The van der Waals surface area contributed by atoms with Gasteiger partial charge in [0.1, 0.15) is 6.04 Å². The third-order valence-electron chi connectivity index (χ3n) is 1.70. The monoisotopic (exact) mass is 232 g/mol. The largest absolute Gasteiger partial charge is 0.354 e.